The fraction of sp³-hybridized carbons (Fsp3) is 0.480. The van der Waals surface area contributed by atoms with Crippen LogP contribution in [0, 0.1) is 12.8 Å². The van der Waals surface area contributed by atoms with Crippen molar-refractivity contribution in [1.82, 2.24) is 13.9 Å². The number of methoxy groups -OCH3 is 1. The van der Waals surface area contributed by atoms with E-state index in [0.29, 0.717) is 45.7 Å². The van der Waals surface area contributed by atoms with Crippen molar-refractivity contribution in [2.75, 3.05) is 46.5 Å². The van der Waals surface area contributed by atoms with Gasteiger partial charge in [0.05, 0.1) is 31.1 Å². The van der Waals surface area contributed by atoms with Crippen LogP contribution in [0.25, 0.3) is 0 Å². The van der Waals surface area contributed by atoms with E-state index in [1.54, 1.807) is 30.3 Å². The molecule has 2 saturated heterocycles. The Hall–Kier alpha value is -2.51. The minimum atomic E-state index is -3.83. The van der Waals surface area contributed by atoms with Crippen molar-refractivity contribution in [1.29, 1.82) is 0 Å². The molecule has 0 radical (unpaired) electrons. The number of hydrogen-bond donors (Lipinski definition) is 1. The summed E-state index contributed by atoms with van der Waals surface area (Å²) < 4.78 is 65.5. The van der Waals surface area contributed by atoms with Gasteiger partial charge in [-0.25, -0.2) is 16.8 Å². The average molecular weight is 552 g/mol. The summed E-state index contributed by atoms with van der Waals surface area (Å²) in [5, 5.41) is 2.87. The number of carbonyl (C=O) groups excluding carboxylic acids is 1. The van der Waals surface area contributed by atoms with Gasteiger partial charge in [0.2, 0.25) is 26.0 Å². The number of aryl methyl sites for hydroxylation is 1. The summed E-state index contributed by atoms with van der Waals surface area (Å²) in [4.78, 5) is 13.2. The third-order valence-electron chi connectivity index (χ3n) is 6.69. The number of amides is 1. The van der Waals surface area contributed by atoms with Crippen LogP contribution in [0.5, 0.6) is 5.75 Å². The number of nitrogens with one attached hydrogen (secondary N) is 1. The molecule has 1 N–H and O–H groups in total. The molecule has 2 heterocycles. The zero-order chi connectivity index (χ0) is 26.6. The molecular weight excluding hydrogens is 518 g/mol. The highest BCUT2D eigenvalue weighted by molar-refractivity contribution is 7.89. The number of benzene rings is 2. The van der Waals surface area contributed by atoms with Crippen molar-refractivity contribution in [3.63, 3.8) is 0 Å². The maximum atomic E-state index is 13.3. The monoisotopic (exact) mass is 551 g/mol. The molecule has 0 aromatic heterocycles. The Kier molecular flexibility index (Phi) is 8.54. The molecule has 2 aromatic rings. The highest BCUT2D eigenvalue weighted by Gasteiger charge is 2.35. The molecule has 0 bridgehead atoms. The van der Waals surface area contributed by atoms with Crippen molar-refractivity contribution in [3.05, 3.63) is 53.6 Å². The lowest BCUT2D eigenvalue weighted by molar-refractivity contribution is -0.126. The number of piperidine rings is 1. The van der Waals surface area contributed by atoms with Gasteiger partial charge in [0.15, 0.2) is 0 Å². The zero-order valence-electron chi connectivity index (χ0n) is 21.1. The summed E-state index contributed by atoms with van der Waals surface area (Å²) in [5.74, 6) is -0.447. The molecule has 12 heteroatoms. The maximum Gasteiger partial charge on any atom is 0.246 e. The highest BCUT2D eigenvalue weighted by Crippen LogP contribution is 2.30. The smallest absolute Gasteiger partial charge is 0.246 e. The van der Waals surface area contributed by atoms with Crippen molar-refractivity contribution in [3.8, 4) is 5.75 Å². The van der Waals surface area contributed by atoms with Crippen LogP contribution in [0.4, 0.5) is 0 Å². The van der Waals surface area contributed by atoms with Crippen molar-refractivity contribution in [2.24, 2.45) is 5.92 Å². The lowest BCUT2D eigenvalue weighted by atomic mass is 9.99. The number of morpholine rings is 1. The lowest BCUT2D eigenvalue weighted by Gasteiger charge is -2.31. The minimum Gasteiger partial charge on any atom is -0.495 e. The van der Waals surface area contributed by atoms with E-state index in [9.17, 15) is 21.6 Å². The maximum absolute atomic E-state index is 13.3. The SMILES string of the molecule is COc1ccc(C)cc1S(=O)(=O)N1CCC[C@H](C(=O)NCc2ccc(S(=O)(=O)N3CCOCC3)cc2)C1. The normalized spacial score (nSPS) is 19.9. The van der Waals surface area contributed by atoms with Gasteiger partial charge in [-0.05, 0) is 55.2 Å². The first-order valence-corrected chi connectivity index (χ1v) is 15.1. The van der Waals surface area contributed by atoms with Crippen LogP contribution in [-0.4, -0.2) is 77.9 Å². The van der Waals surface area contributed by atoms with E-state index in [4.69, 9.17) is 9.47 Å². The van der Waals surface area contributed by atoms with Crippen LogP contribution in [0.2, 0.25) is 0 Å². The number of hydrogen-bond acceptors (Lipinski definition) is 7. The van der Waals surface area contributed by atoms with Crippen molar-refractivity contribution < 1.29 is 31.1 Å². The van der Waals surface area contributed by atoms with E-state index in [1.165, 1.54) is 27.9 Å². The molecule has 2 fully saturated rings. The minimum absolute atomic E-state index is 0.0853. The van der Waals surface area contributed by atoms with Crippen LogP contribution < -0.4 is 10.1 Å². The van der Waals surface area contributed by atoms with Gasteiger partial charge in [0.25, 0.3) is 0 Å². The largest absolute Gasteiger partial charge is 0.495 e. The fourth-order valence-corrected chi connectivity index (χ4v) is 7.72. The summed E-state index contributed by atoms with van der Waals surface area (Å²) in [7, 11) is -5.98. The van der Waals surface area contributed by atoms with Gasteiger partial charge in [-0.3, -0.25) is 4.79 Å². The summed E-state index contributed by atoms with van der Waals surface area (Å²) in [6, 6.07) is 11.4. The molecule has 0 saturated carbocycles. The highest BCUT2D eigenvalue weighted by atomic mass is 32.2. The molecular formula is C25H33N3O7S2. The Balaban J connectivity index is 1.38. The van der Waals surface area contributed by atoms with Gasteiger partial charge in [0, 0.05) is 32.7 Å². The van der Waals surface area contributed by atoms with E-state index < -0.39 is 26.0 Å². The van der Waals surface area contributed by atoms with E-state index in [-0.39, 0.29) is 34.5 Å². The quantitative estimate of drug-likeness (QED) is 0.530. The first-order valence-electron chi connectivity index (χ1n) is 12.2. The zero-order valence-corrected chi connectivity index (χ0v) is 22.7. The first-order chi connectivity index (χ1) is 17.6. The van der Waals surface area contributed by atoms with Crippen LogP contribution in [0.15, 0.2) is 52.3 Å². The molecule has 4 rings (SSSR count). The standard InChI is InChI=1S/C25H33N3O7S2/c1-19-5-10-23(34-2)24(16-19)37(32,33)28-11-3-4-21(18-28)25(29)26-17-20-6-8-22(9-7-20)36(30,31)27-12-14-35-15-13-27/h5-10,16,21H,3-4,11-15,17-18H2,1-2H3,(H,26,29)/t21-/m0/s1. The third kappa shape index (κ3) is 6.15. The van der Waals surface area contributed by atoms with Gasteiger partial charge in [-0.2, -0.15) is 8.61 Å². The van der Waals surface area contributed by atoms with E-state index in [1.807, 2.05) is 6.92 Å². The molecule has 1 amide bonds. The van der Waals surface area contributed by atoms with Gasteiger partial charge in [-0.15, -0.1) is 0 Å². The Bertz CT molecular complexity index is 1320. The molecule has 0 aliphatic carbocycles. The van der Waals surface area contributed by atoms with Crippen molar-refractivity contribution >= 4 is 26.0 Å². The van der Waals surface area contributed by atoms with Crippen LogP contribution >= 0.6 is 0 Å². The van der Waals surface area contributed by atoms with Gasteiger partial charge >= 0.3 is 0 Å². The average Bonchev–Trinajstić information content (AvgIpc) is 2.92. The van der Waals surface area contributed by atoms with Crippen LogP contribution in [0.3, 0.4) is 0 Å². The second-order valence-corrected chi connectivity index (χ2v) is 13.1. The molecule has 2 aliphatic heterocycles. The lowest BCUT2D eigenvalue weighted by Crippen LogP contribution is -2.45. The molecule has 0 unspecified atom stereocenters. The summed E-state index contributed by atoms with van der Waals surface area (Å²) >= 11 is 0. The Morgan fingerprint density at radius 2 is 1.70 bits per heavy atom. The topological polar surface area (TPSA) is 122 Å². The Morgan fingerprint density at radius 3 is 2.38 bits per heavy atom. The molecule has 202 valence electrons. The van der Waals surface area contributed by atoms with Crippen LogP contribution in [0.1, 0.15) is 24.0 Å². The Labute approximate surface area is 218 Å². The number of ether oxygens (including phenoxy) is 2. The second-order valence-electron chi connectivity index (χ2n) is 9.23. The van der Waals surface area contributed by atoms with Gasteiger partial charge in [0.1, 0.15) is 10.6 Å². The molecule has 10 nitrogen and oxygen atoms in total. The fourth-order valence-electron chi connectivity index (χ4n) is 4.55. The predicted octanol–water partition coefficient (Wildman–Crippen LogP) is 1.74. The van der Waals surface area contributed by atoms with Gasteiger partial charge in [-0.1, -0.05) is 18.2 Å². The number of carbonyl (C=O) groups is 1. The second kappa shape index (κ2) is 11.5. The summed E-state index contributed by atoms with van der Waals surface area (Å²) in [6.07, 6.45) is 1.15. The van der Waals surface area contributed by atoms with E-state index in [2.05, 4.69) is 5.32 Å². The third-order valence-corrected chi connectivity index (χ3v) is 10.5. The van der Waals surface area contributed by atoms with Gasteiger partial charge < -0.3 is 14.8 Å². The van der Waals surface area contributed by atoms with E-state index >= 15 is 0 Å². The van der Waals surface area contributed by atoms with E-state index in [0.717, 1.165) is 11.1 Å². The predicted molar refractivity (Wildman–Crippen MR) is 137 cm³/mol. The molecule has 2 aromatic carbocycles. The number of sulfonamides is 2. The summed E-state index contributed by atoms with van der Waals surface area (Å²) in [5.41, 5.74) is 1.55. The Morgan fingerprint density at radius 1 is 1.00 bits per heavy atom. The molecule has 1 atom stereocenters. The number of nitrogens with zero attached hydrogens (tertiary/aromatic N) is 2. The molecule has 2 aliphatic rings. The first kappa shape index (κ1) is 27.5. The molecule has 37 heavy (non-hydrogen) atoms. The van der Waals surface area contributed by atoms with Crippen molar-refractivity contribution in [2.45, 2.75) is 36.1 Å². The summed E-state index contributed by atoms with van der Waals surface area (Å²) in [6.45, 7) is 3.85. The molecule has 0 spiro atoms. The van der Waals surface area contributed by atoms with Crippen LogP contribution in [-0.2, 0) is 36.1 Å². The number of rotatable bonds is 8.